The van der Waals surface area contributed by atoms with E-state index in [9.17, 15) is 0 Å². The van der Waals surface area contributed by atoms with Crippen molar-refractivity contribution in [1.82, 2.24) is 4.98 Å². The molecule has 41 heavy (non-hydrogen) atoms. The number of aryl methyl sites for hydroxylation is 2. The summed E-state index contributed by atoms with van der Waals surface area (Å²) in [4.78, 5) is 3.55. The molecule has 0 radical (unpaired) electrons. The summed E-state index contributed by atoms with van der Waals surface area (Å²) in [6, 6.07) is 21.1. The highest BCUT2D eigenvalue weighted by Crippen LogP contribution is 2.26. The van der Waals surface area contributed by atoms with E-state index in [1.165, 1.54) is 16.8 Å². The van der Waals surface area contributed by atoms with Crippen molar-refractivity contribution in [2.75, 3.05) is 12.4 Å². The lowest BCUT2D eigenvalue weighted by Gasteiger charge is -2.06. The molecular formula is C39H56N2. The molecule has 0 bridgehead atoms. The van der Waals surface area contributed by atoms with Gasteiger partial charge in [0.1, 0.15) is 0 Å². The first-order valence-corrected chi connectivity index (χ1v) is 15.4. The van der Waals surface area contributed by atoms with E-state index in [4.69, 9.17) is 0 Å². The minimum absolute atomic E-state index is 0.988. The fourth-order valence-corrected chi connectivity index (χ4v) is 4.00. The molecular weight excluding hydrogens is 496 g/mol. The predicted octanol–water partition coefficient (Wildman–Crippen LogP) is 12.0. The number of aromatic amines is 1. The highest BCUT2D eigenvalue weighted by molar-refractivity contribution is 5.86. The van der Waals surface area contributed by atoms with Gasteiger partial charge in [0.25, 0.3) is 0 Å². The number of benzene rings is 2. The topological polar surface area (TPSA) is 27.8 Å². The van der Waals surface area contributed by atoms with Crippen molar-refractivity contribution in [3.05, 3.63) is 132 Å². The third-order valence-corrected chi connectivity index (χ3v) is 6.03. The molecule has 1 aromatic heterocycles. The zero-order valence-electron chi connectivity index (χ0n) is 27.2. The molecule has 0 fully saturated rings. The fourth-order valence-electron chi connectivity index (χ4n) is 4.00. The van der Waals surface area contributed by atoms with E-state index >= 15 is 0 Å². The Kier molecular flexibility index (Phi) is 21.8. The van der Waals surface area contributed by atoms with Crippen LogP contribution in [-0.2, 0) is 12.8 Å². The van der Waals surface area contributed by atoms with Crippen molar-refractivity contribution in [3.63, 3.8) is 0 Å². The molecule has 0 amide bonds. The van der Waals surface area contributed by atoms with Crippen LogP contribution in [0.4, 0.5) is 5.69 Å². The Bertz CT molecular complexity index is 1170. The van der Waals surface area contributed by atoms with Crippen molar-refractivity contribution in [2.45, 2.75) is 80.6 Å². The second-order valence-corrected chi connectivity index (χ2v) is 8.93. The molecule has 2 N–H and O–H groups in total. The number of rotatable bonds is 12. The van der Waals surface area contributed by atoms with Crippen molar-refractivity contribution < 1.29 is 0 Å². The Labute approximate surface area is 252 Å². The van der Waals surface area contributed by atoms with Gasteiger partial charge in [-0.05, 0) is 84.7 Å². The highest BCUT2D eigenvalue weighted by Gasteiger charge is 2.08. The van der Waals surface area contributed by atoms with Gasteiger partial charge in [0.2, 0.25) is 0 Å². The van der Waals surface area contributed by atoms with Crippen molar-refractivity contribution in [3.8, 4) is 0 Å². The van der Waals surface area contributed by atoms with Gasteiger partial charge in [-0.25, -0.2) is 0 Å². The second kappa shape index (κ2) is 24.1. The minimum Gasteiger partial charge on any atom is -0.388 e. The van der Waals surface area contributed by atoms with Crippen LogP contribution in [0.1, 0.15) is 95.8 Å². The lowest BCUT2D eigenvalue weighted by atomic mass is 10.0. The lowest BCUT2D eigenvalue weighted by Crippen LogP contribution is -1.89. The van der Waals surface area contributed by atoms with Crippen LogP contribution >= 0.6 is 0 Å². The number of allylic oxidation sites excluding steroid dienone is 7. The Hall–Kier alpha value is -3.78. The molecule has 3 rings (SSSR count). The maximum Gasteiger partial charge on any atom is 0.0462 e. The van der Waals surface area contributed by atoms with E-state index in [-0.39, 0.29) is 0 Å². The second-order valence-electron chi connectivity index (χ2n) is 8.93. The zero-order chi connectivity index (χ0) is 30.9. The first-order chi connectivity index (χ1) is 20.1. The normalized spacial score (nSPS) is 10.6. The van der Waals surface area contributed by atoms with Crippen LogP contribution in [0.15, 0.2) is 104 Å². The van der Waals surface area contributed by atoms with Crippen molar-refractivity contribution in [2.24, 2.45) is 0 Å². The third kappa shape index (κ3) is 14.4. The molecule has 0 unspecified atom stereocenters. The first-order valence-electron chi connectivity index (χ1n) is 15.4. The zero-order valence-corrected chi connectivity index (χ0v) is 27.2. The Morgan fingerprint density at radius 3 is 2.10 bits per heavy atom. The quantitative estimate of drug-likeness (QED) is 0.170. The molecule has 0 spiro atoms. The van der Waals surface area contributed by atoms with E-state index in [0.717, 1.165) is 60.2 Å². The monoisotopic (exact) mass is 552 g/mol. The van der Waals surface area contributed by atoms with E-state index in [2.05, 4.69) is 128 Å². The standard InChI is InChI=1S/C23H28N2.C12H16.2C2H6/c1-6-9-20(23-16-18(8-3)22(25-23)10-7-2)15-17(4)19-11-13-21(24-5)14-12-19;1-2-3-4-6-9-12-10-7-5-8-11-12;2*1-2/h6,8-9,11-16,24-25H,3-4,7,10H2,1-2,5H3;3-5,7-8,10-11H,2,6,9H2,1H3;2*1-2H3/b9-6-,20-15+;;;. The molecule has 0 aliphatic carbocycles. The van der Waals surface area contributed by atoms with Crippen LogP contribution in [-0.4, -0.2) is 12.0 Å². The SMILES string of the molecule is C=Cc1cc(C(/C=C\C)=C/C(=C)c2ccc(NC)cc2)[nH]c1CCC.CC.CC.CCC=CCCc1ccccc1. The molecule has 0 saturated heterocycles. The lowest BCUT2D eigenvalue weighted by molar-refractivity contribution is 0.889. The van der Waals surface area contributed by atoms with Gasteiger partial charge in [-0.15, -0.1) is 0 Å². The summed E-state index contributed by atoms with van der Waals surface area (Å²) < 4.78 is 0. The van der Waals surface area contributed by atoms with Crippen LogP contribution in [0.5, 0.6) is 0 Å². The number of nitrogens with one attached hydrogen (secondary N) is 2. The molecule has 0 aliphatic rings. The van der Waals surface area contributed by atoms with Crippen LogP contribution in [0.3, 0.4) is 0 Å². The van der Waals surface area contributed by atoms with Gasteiger partial charge in [0.05, 0.1) is 0 Å². The Balaban J connectivity index is 0.000000836. The Morgan fingerprint density at radius 2 is 1.56 bits per heavy atom. The number of hydrogen-bond donors (Lipinski definition) is 2. The largest absolute Gasteiger partial charge is 0.388 e. The van der Waals surface area contributed by atoms with Gasteiger partial charge in [0, 0.05) is 24.1 Å². The van der Waals surface area contributed by atoms with Crippen LogP contribution < -0.4 is 5.32 Å². The first kappa shape index (κ1) is 37.2. The molecule has 0 saturated carbocycles. The summed E-state index contributed by atoms with van der Waals surface area (Å²) in [7, 11) is 1.92. The summed E-state index contributed by atoms with van der Waals surface area (Å²) in [5, 5.41) is 3.14. The number of hydrogen-bond acceptors (Lipinski definition) is 1. The average Bonchev–Trinajstić information content (AvgIpc) is 3.45. The fraction of sp³-hybridized carbons (Fsp3) is 0.333. The molecule has 2 nitrogen and oxygen atoms in total. The molecule has 0 atom stereocenters. The summed E-state index contributed by atoms with van der Waals surface area (Å²) in [5.41, 5.74) is 9.27. The molecule has 1 heterocycles. The maximum absolute atomic E-state index is 4.25. The molecule has 2 heteroatoms. The van der Waals surface area contributed by atoms with E-state index in [1.54, 1.807) is 0 Å². The van der Waals surface area contributed by atoms with Crippen LogP contribution in [0.2, 0.25) is 0 Å². The summed E-state index contributed by atoms with van der Waals surface area (Å²) in [5.74, 6) is 0. The van der Waals surface area contributed by atoms with Gasteiger partial charge in [-0.2, -0.15) is 0 Å². The van der Waals surface area contributed by atoms with E-state index in [0.29, 0.717) is 0 Å². The van der Waals surface area contributed by atoms with Gasteiger partial charge in [-0.3, -0.25) is 0 Å². The highest BCUT2D eigenvalue weighted by atomic mass is 14.8. The van der Waals surface area contributed by atoms with E-state index in [1.807, 2.05) is 47.7 Å². The number of anilines is 1. The van der Waals surface area contributed by atoms with Crippen molar-refractivity contribution in [1.29, 1.82) is 0 Å². The molecule has 0 aliphatic heterocycles. The van der Waals surface area contributed by atoms with Gasteiger partial charge >= 0.3 is 0 Å². The van der Waals surface area contributed by atoms with Crippen molar-refractivity contribution >= 4 is 22.9 Å². The number of H-pyrrole nitrogens is 1. The van der Waals surface area contributed by atoms with Gasteiger partial charge < -0.3 is 10.3 Å². The van der Waals surface area contributed by atoms with Gasteiger partial charge in [0.15, 0.2) is 0 Å². The third-order valence-electron chi connectivity index (χ3n) is 6.03. The van der Waals surface area contributed by atoms with E-state index < -0.39 is 0 Å². The smallest absolute Gasteiger partial charge is 0.0462 e. The minimum atomic E-state index is 0.988. The molecule has 2 aromatic carbocycles. The summed E-state index contributed by atoms with van der Waals surface area (Å²) in [6.07, 6.45) is 18.3. The van der Waals surface area contributed by atoms with Gasteiger partial charge in [-0.1, -0.05) is 134 Å². The summed E-state index contributed by atoms with van der Waals surface area (Å²) >= 11 is 0. The van der Waals surface area contributed by atoms with Crippen LogP contribution in [0, 0.1) is 0 Å². The predicted molar refractivity (Wildman–Crippen MR) is 190 cm³/mol. The number of aromatic nitrogens is 1. The molecule has 3 aromatic rings. The summed E-state index contributed by atoms with van der Waals surface area (Å²) in [6.45, 7) is 22.6. The Morgan fingerprint density at radius 1 is 0.902 bits per heavy atom. The molecule has 222 valence electrons. The maximum atomic E-state index is 4.25. The van der Waals surface area contributed by atoms with Crippen LogP contribution in [0.25, 0.3) is 17.2 Å². The average molecular weight is 553 g/mol.